The summed E-state index contributed by atoms with van der Waals surface area (Å²) in [5, 5.41) is 23.3. The van der Waals surface area contributed by atoms with E-state index in [4.69, 9.17) is 0 Å². The Bertz CT molecular complexity index is 866. The van der Waals surface area contributed by atoms with E-state index in [1.165, 1.54) is 212 Å². The summed E-state index contributed by atoms with van der Waals surface area (Å²) in [6.07, 6.45) is 65.3. The molecule has 2 unspecified atom stereocenters. The van der Waals surface area contributed by atoms with Gasteiger partial charge in [0.05, 0.1) is 18.8 Å². The fourth-order valence-electron chi connectivity index (χ4n) is 7.96. The summed E-state index contributed by atoms with van der Waals surface area (Å²) in [6, 6.07) is -0.536. The van der Waals surface area contributed by atoms with Crippen molar-refractivity contribution >= 4 is 5.91 Å². The van der Waals surface area contributed by atoms with Crippen molar-refractivity contribution in [3.8, 4) is 0 Å². The van der Waals surface area contributed by atoms with Crippen LogP contribution in [0.15, 0.2) is 36.5 Å². The van der Waals surface area contributed by atoms with Gasteiger partial charge in [-0.15, -0.1) is 0 Å². The van der Waals surface area contributed by atoms with Gasteiger partial charge in [0.1, 0.15) is 0 Å². The molecule has 0 rings (SSSR count). The number of amides is 1. The van der Waals surface area contributed by atoms with Crippen molar-refractivity contribution in [1.29, 1.82) is 0 Å². The molecule has 0 aromatic rings. The van der Waals surface area contributed by atoms with Crippen LogP contribution < -0.4 is 5.32 Å². The van der Waals surface area contributed by atoms with E-state index in [-0.39, 0.29) is 12.5 Å². The van der Waals surface area contributed by atoms with Crippen LogP contribution in [0.3, 0.4) is 0 Å². The Kier molecular flexibility index (Phi) is 47.8. The number of hydrogen-bond acceptors (Lipinski definition) is 3. The summed E-state index contributed by atoms with van der Waals surface area (Å²) in [5.74, 6) is -0.0298. The molecule has 1 amide bonds. The van der Waals surface area contributed by atoms with Crippen LogP contribution in [0.4, 0.5) is 0 Å². The number of unbranched alkanes of at least 4 members (excludes halogenated alkanes) is 34. The van der Waals surface area contributed by atoms with E-state index in [0.29, 0.717) is 12.8 Å². The molecule has 0 radical (unpaired) electrons. The van der Waals surface area contributed by atoms with Crippen LogP contribution in [-0.2, 0) is 4.79 Å². The molecule has 0 fully saturated rings. The Hall–Kier alpha value is -1.39. The fraction of sp³-hybridized carbons (Fsp3) is 0.868. The lowest BCUT2D eigenvalue weighted by atomic mass is 10.0. The summed E-state index contributed by atoms with van der Waals surface area (Å²) in [6.45, 7) is 4.36. The van der Waals surface area contributed by atoms with Gasteiger partial charge in [-0.2, -0.15) is 0 Å². The predicted molar refractivity (Wildman–Crippen MR) is 253 cm³/mol. The highest BCUT2D eigenvalue weighted by Gasteiger charge is 2.20. The van der Waals surface area contributed by atoms with Gasteiger partial charge < -0.3 is 15.5 Å². The summed E-state index contributed by atoms with van der Waals surface area (Å²) in [5.41, 5.74) is 0. The zero-order valence-corrected chi connectivity index (χ0v) is 38.6. The maximum absolute atomic E-state index is 12.5. The first-order valence-corrected chi connectivity index (χ1v) is 25.7. The number of aliphatic hydroxyl groups is 2. The van der Waals surface area contributed by atoms with E-state index in [1.54, 1.807) is 0 Å². The second-order valence-corrected chi connectivity index (χ2v) is 17.6. The van der Waals surface area contributed by atoms with E-state index in [2.05, 4.69) is 55.6 Å². The molecule has 4 nitrogen and oxygen atoms in total. The van der Waals surface area contributed by atoms with E-state index >= 15 is 0 Å². The molecule has 0 spiro atoms. The van der Waals surface area contributed by atoms with Crippen LogP contribution in [0.1, 0.15) is 277 Å². The summed E-state index contributed by atoms with van der Waals surface area (Å²) in [4.78, 5) is 12.5. The Balaban J connectivity index is 3.47. The molecule has 57 heavy (non-hydrogen) atoms. The number of carbonyl (C=O) groups is 1. The molecule has 0 saturated carbocycles. The minimum absolute atomic E-state index is 0.0298. The van der Waals surface area contributed by atoms with E-state index in [0.717, 1.165) is 38.5 Å². The Labute approximate surface area is 357 Å². The van der Waals surface area contributed by atoms with Gasteiger partial charge in [0.2, 0.25) is 5.91 Å². The molecular weight excluding hydrogens is 699 g/mol. The van der Waals surface area contributed by atoms with Gasteiger partial charge in [-0.25, -0.2) is 0 Å². The van der Waals surface area contributed by atoms with Crippen molar-refractivity contribution in [3.05, 3.63) is 36.5 Å². The topological polar surface area (TPSA) is 69.6 Å². The molecule has 0 aliphatic heterocycles. The molecule has 2 atom stereocenters. The number of nitrogens with one attached hydrogen (secondary N) is 1. The van der Waals surface area contributed by atoms with Gasteiger partial charge in [0.15, 0.2) is 0 Å². The van der Waals surface area contributed by atoms with Crippen LogP contribution in [-0.4, -0.2) is 34.9 Å². The van der Waals surface area contributed by atoms with Gasteiger partial charge in [-0.1, -0.05) is 256 Å². The minimum Gasteiger partial charge on any atom is -0.394 e. The lowest BCUT2D eigenvalue weighted by Crippen LogP contribution is -2.45. The first kappa shape index (κ1) is 55.6. The largest absolute Gasteiger partial charge is 0.394 e. The van der Waals surface area contributed by atoms with Crippen molar-refractivity contribution in [2.45, 2.75) is 289 Å². The third-order valence-electron chi connectivity index (χ3n) is 11.9. The molecular formula is C53H101NO3. The third kappa shape index (κ3) is 45.5. The average Bonchev–Trinajstić information content (AvgIpc) is 3.22. The molecule has 4 heteroatoms. The average molecular weight is 800 g/mol. The second-order valence-electron chi connectivity index (χ2n) is 17.6. The number of carbonyl (C=O) groups excluding carboxylic acids is 1. The van der Waals surface area contributed by atoms with Gasteiger partial charge in [-0.3, -0.25) is 4.79 Å². The van der Waals surface area contributed by atoms with Crippen LogP contribution in [0, 0.1) is 0 Å². The molecule has 336 valence electrons. The number of allylic oxidation sites excluding steroid dienone is 6. The van der Waals surface area contributed by atoms with Crippen molar-refractivity contribution in [1.82, 2.24) is 5.32 Å². The normalized spacial score (nSPS) is 13.1. The summed E-state index contributed by atoms with van der Waals surface area (Å²) in [7, 11) is 0. The maximum atomic E-state index is 12.5. The Morgan fingerprint density at radius 3 is 1.07 bits per heavy atom. The molecule has 0 saturated heterocycles. The standard InChI is InChI=1S/C53H101NO3/c1-3-5-7-9-11-13-15-17-19-21-22-23-24-25-26-27-28-29-30-31-32-33-35-37-39-41-43-45-47-49-53(57)54-51(50-55)52(56)48-46-44-42-40-38-36-34-20-18-16-14-12-10-8-6-4-2/h15,17,21-22,24-25,51-52,55-56H,3-14,16,18-20,23,26-50H2,1-2H3,(H,54,57)/b17-15-,22-21-,25-24-. The highest BCUT2D eigenvalue weighted by molar-refractivity contribution is 5.76. The second kappa shape index (κ2) is 49.0. The lowest BCUT2D eigenvalue weighted by molar-refractivity contribution is -0.123. The molecule has 0 heterocycles. The van der Waals surface area contributed by atoms with Crippen molar-refractivity contribution in [3.63, 3.8) is 0 Å². The molecule has 3 N–H and O–H groups in total. The predicted octanol–water partition coefficient (Wildman–Crippen LogP) is 16.5. The van der Waals surface area contributed by atoms with Gasteiger partial charge in [0, 0.05) is 6.42 Å². The SMILES string of the molecule is CCCCCCC/C=C\C/C=C\C/C=C\CCCCCCCCCCCCCCCCC(=O)NC(CO)C(O)CCCCCCCCCCCCCCCCCC. The van der Waals surface area contributed by atoms with Gasteiger partial charge in [-0.05, 0) is 51.4 Å². The van der Waals surface area contributed by atoms with Crippen molar-refractivity contribution < 1.29 is 15.0 Å². The maximum Gasteiger partial charge on any atom is 0.220 e. The zero-order valence-electron chi connectivity index (χ0n) is 38.6. The molecule has 0 aromatic carbocycles. The first-order valence-electron chi connectivity index (χ1n) is 25.7. The van der Waals surface area contributed by atoms with Gasteiger partial charge >= 0.3 is 0 Å². The highest BCUT2D eigenvalue weighted by Crippen LogP contribution is 2.17. The van der Waals surface area contributed by atoms with Crippen LogP contribution >= 0.6 is 0 Å². The number of aliphatic hydroxyl groups excluding tert-OH is 2. The summed E-state index contributed by atoms with van der Waals surface area (Å²) < 4.78 is 0. The summed E-state index contributed by atoms with van der Waals surface area (Å²) >= 11 is 0. The zero-order chi connectivity index (χ0) is 41.4. The van der Waals surface area contributed by atoms with E-state index in [1.807, 2.05) is 0 Å². The highest BCUT2D eigenvalue weighted by atomic mass is 16.3. The number of hydrogen-bond donors (Lipinski definition) is 3. The number of rotatable bonds is 47. The molecule has 0 aromatic heterocycles. The van der Waals surface area contributed by atoms with E-state index in [9.17, 15) is 15.0 Å². The quantitative estimate of drug-likeness (QED) is 0.0424. The Morgan fingerprint density at radius 2 is 0.719 bits per heavy atom. The van der Waals surface area contributed by atoms with Crippen molar-refractivity contribution in [2.24, 2.45) is 0 Å². The third-order valence-corrected chi connectivity index (χ3v) is 11.9. The minimum atomic E-state index is -0.659. The van der Waals surface area contributed by atoms with E-state index < -0.39 is 12.1 Å². The fourth-order valence-corrected chi connectivity index (χ4v) is 7.96. The molecule has 0 aliphatic rings. The Morgan fingerprint density at radius 1 is 0.421 bits per heavy atom. The van der Waals surface area contributed by atoms with Crippen LogP contribution in [0.25, 0.3) is 0 Å². The first-order chi connectivity index (χ1) is 28.2. The van der Waals surface area contributed by atoms with Crippen molar-refractivity contribution in [2.75, 3.05) is 6.61 Å². The lowest BCUT2D eigenvalue weighted by Gasteiger charge is -2.22. The van der Waals surface area contributed by atoms with Crippen LogP contribution in [0.5, 0.6) is 0 Å². The smallest absolute Gasteiger partial charge is 0.220 e. The molecule has 0 aliphatic carbocycles. The van der Waals surface area contributed by atoms with Crippen LogP contribution in [0.2, 0.25) is 0 Å². The molecule has 0 bridgehead atoms. The monoisotopic (exact) mass is 800 g/mol. The van der Waals surface area contributed by atoms with Gasteiger partial charge in [0.25, 0.3) is 0 Å².